The number of hydrogen-bond acceptors (Lipinski definition) is 4. The summed E-state index contributed by atoms with van der Waals surface area (Å²) in [5, 5.41) is 3.33. The SMILES string of the molecule is COc1ccc2nc(C)c(-c3cccc(Nc4ccccc4)n3)n2c1. The Balaban J connectivity index is 1.78. The largest absolute Gasteiger partial charge is 0.495 e. The molecule has 0 aliphatic rings. The molecule has 0 spiro atoms. The quantitative estimate of drug-likeness (QED) is 0.600. The molecule has 0 aliphatic heterocycles. The van der Waals surface area contributed by atoms with Crippen LogP contribution in [0, 0.1) is 6.92 Å². The molecule has 25 heavy (non-hydrogen) atoms. The van der Waals surface area contributed by atoms with E-state index in [0.717, 1.165) is 40.0 Å². The van der Waals surface area contributed by atoms with E-state index < -0.39 is 0 Å². The highest BCUT2D eigenvalue weighted by Gasteiger charge is 2.13. The number of ether oxygens (including phenoxy) is 1. The number of rotatable bonds is 4. The van der Waals surface area contributed by atoms with Gasteiger partial charge in [-0.05, 0) is 43.3 Å². The van der Waals surface area contributed by atoms with E-state index in [1.807, 2.05) is 78.2 Å². The second kappa shape index (κ2) is 6.28. The van der Waals surface area contributed by atoms with E-state index in [-0.39, 0.29) is 0 Å². The Kier molecular flexibility index (Phi) is 3.82. The fraction of sp³-hybridized carbons (Fsp3) is 0.100. The van der Waals surface area contributed by atoms with Crippen LogP contribution in [0.1, 0.15) is 5.69 Å². The van der Waals surface area contributed by atoms with E-state index in [9.17, 15) is 0 Å². The number of nitrogens with zero attached hydrogens (tertiary/aromatic N) is 3. The first kappa shape index (κ1) is 15.2. The van der Waals surface area contributed by atoms with Gasteiger partial charge in [0.15, 0.2) is 0 Å². The molecule has 0 fully saturated rings. The molecule has 0 atom stereocenters. The van der Waals surface area contributed by atoms with Crippen molar-refractivity contribution in [3.8, 4) is 17.1 Å². The molecule has 0 saturated heterocycles. The van der Waals surface area contributed by atoms with E-state index in [4.69, 9.17) is 9.72 Å². The van der Waals surface area contributed by atoms with E-state index in [1.165, 1.54) is 0 Å². The van der Waals surface area contributed by atoms with Gasteiger partial charge in [-0.1, -0.05) is 24.3 Å². The molecule has 3 aromatic heterocycles. The summed E-state index contributed by atoms with van der Waals surface area (Å²) in [6.45, 7) is 1.99. The first-order valence-electron chi connectivity index (χ1n) is 8.07. The van der Waals surface area contributed by atoms with Gasteiger partial charge in [-0.15, -0.1) is 0 Å². The number of nitrogens with one attached hydrogen (secondary N) is 1. The van der Waals surface area contributed by atoms with Gasteiger partial charge in [-0.3, -0.25) is 4.40 Å². The number of methoxy groups -OCH3 is 1. The number of hydrogen-bond donors (Lipinski definition) is 1. The third kappa shape index (κ3) is 2.92. The molecule has 3 heterocycles. The average Bonchev–Trinajstić information content (AvgIpc) is 2.97. The lowest BCUT2D eigenvalue weighted by molar-refractivity contribution is 0.412. The molecule has 4 aromatic rings. The number of aryl methyl sites for hydroxylation is 1. The minimum atomic E-state index is 0.782. The molecule has 0 saturated carbocycles. The Hall–Kier alpha value is -3.34. The maximum Gasteiger partial charge on any atom is 0.137 e. The van der Waals surface area contributed by atoms with Gasteiger partial charge in [0, 0.05) is 5.69 Å². The maximum absolute atomic E-state index is 5.34. The van der Waals surface area contributed by atoms with Crippen molar-refractivity contribution in [2.45, 2.75) is 6.92 Å². The lowest BCUT2D eigenvalue weighted by Crippen LogP contribution is -1.97. The van der Waals surface area contributed by atoms with Crippen LogP contribution < -0.4 is 10.1 Å². The first-order chi connectivity index (χ1) is 12.2. The van der Waals surface area contributed by atoms with Crippen molar-refractivity contribution in [1.82, 2.24) is 14.4 Å². The van der Waals surface area contributed by atoms with Crippen LogP contribution in [0.25, 0.3) is 17.0 Å². The molecular formula is C20H18N4O. The van der Waals surface area contributed by atoms with Crippen molar-refractivity contribution in [2.75, 3.05) is 12.4 Å². The van der Waals surface area contributed by atoms with Crippen LogP contribution in [0.3, 0.4) is 0 Å². The summed E-state index contributed by atoms with van der Waals surface area (Å²) < 4.78 is 7.36. The van der Waals surface area contributed by atoms with Gasteiger partial charge in [-0.25, -0.2) is 9.97 Å². The van der Waals surface area contributed by atoms with Crippen LogP contribution in [0.5, 0.6) is 5.75 Å². The highest BCUT2D eigenvalue weighted by Crippen LogP contribution is 2.27. The summed E-state index contributed by atoms with van der Waals surface area (Å²) in [6, 6.07) is 19.8. The van der Waals surface area contributed by atoms with E-state index in [0.29, 0.717) is 0 Å². The third-order valence-electron chi connectivity index (χ3n) is 4.04. The molecule has 0 unspecified atom stereocenters. The Morgan fingerprint density at radius 1 is 0.920 bits per heavy atom. The van der Waals surface area contributed by atoms with Crippen molar-refractivity contribution < 1.29 is 4.74 Å². The molecule has 1 aromatic carbocycles. The smallest absolute Gasteiger partial charge is 0.137 e. The predicted molar refractivity (Wildman–Crippen MR) is 99.4 cm³/mol. The number of fused-ring (bicyclic) bond motifs is 1. The minimum absolute atomic E-state index is 0.782. The minimum Gasteiger partial charge on any atom is -0.495 e. The molecule has 0 aliphatic carbocycles. The van der Waals surface area contributed by atoms with Crippen molar-refractivity contribution >= 4 is 17.2 Å². The zero-order valence-corrected chi connectivity index (χ0v) is 14.1. The number of anilines is 2. The average molecular weight is 330 g/mol. The standard InChI is InChI=1S/C20H18N4O/c1-14-20(24-13-16(25-2)11-12-19(24)21-14)17-9-6-10-18(23-17)22-15-7-4-3-5-8-15/h3-13H,1-2H3,(H,22,23). The highest BCUT2D eigenvalue weighted by atomic mass is 16.5. The van der Waals surface area contributed by atoms with Gasteiger partial charge in [0.05, 0.1) is 30.4 Å². The van der Waals surface area contributed by atoms with Gasteiger partial charge >= 0.3 is 0 Å². The van der Waals surface area contributed by atoms with Crippen LogP contribution in [0.2, 0.25) is 0 Å². The van der Waals surface area contributed by atoms with Crippen molar-refractivity contribution in [1.29, 1.82) is 0 Å². The second-order valence-electron chi connectivity index (χ2n) is 5.74. The van der Waals surface area contributed by atoms with Crippen LogP contribution in [-0.2, 0) is 0 Å². The zero-order valence-electron chi connectivity index (χ0n) is 14.1. The van der Waals surface area contributed by atoms with Gasteiger partial charge in [0.2, 0.25) is 0 Å². The van der Waals surface area contributed by atoms with Crippen LogP contribution in [-0.4, -0.2) is 21.5 Å². The van der Waals surface area contributed by atoms with E-state index >= 15 is 0 Å². The van der Waals surface area contributed by atoms with E-state index in [1.54, 1.807) is 7.11 Å². The molecule has 4 rings (SSSR count). The summed E-state index contributed by atoms with van der Waals surface area (Å²) in [5.41, 5.74) is 4.63. The van der Waals surface area contributed by atoms with Gasteiger partial charge in [-0.2, -0.15) is 0 Å². The second-order valence-corrected chi connectivity index (χ2v) is 5.74. The summed E-state index contributed by atoms with van der Waals surface area (Å²) in [6.07, 6.45) is 1.93. The molecule has 0 amide bonds. The van der Waals surface area contributed by atoms with Gasteiger partial charge in [0.1, 0.15) is 17.2 Å². The number of imidazole rings is 1. The van der Waals surface area contributed by atoms with Crippen molar-refractivity contribution in [2.24, 2.45) is 0 Å². The van der Waals surface area contributed by atoms with Gasteiger partial charge in [0.25, 0.3) is 0 Å². The van der Waals surface area contributed by atoms with Gasteiger partial charge < -0.3 is 10.1 Å². The Bertz CT molecular complexity index is 1020. The summed E-state index contributed by atoms with van der Waals surface area (Å²) >= 11 is 0. The topological polar surface area (TPSA) is 51.5 Å². The fourth-order valence-corrected chi connectivity index (χ4v) is 2.88. The predicted octanol–water partition coefficient (Wildman–Crippen LogP) is 4.46. The molecule has 124 valence electrons. The number of para-hydroxylation sites is 1. The maximum atomic E-state index is 5.34. The first-order valence-corrected chi connectivity index (χ1v) is 8.07. The van der Waals surface area contributed by atoms with Crippen LogP contribution >= 0.6 is 0 Å². The Labute approximate surface area is 145 Å². The van der Waals surface area contributed by atoms with E-state index in [2.05, 4.69) is 10.3 Å². The molecule has 5 nitrogen and oxygen atoms in total. The lowest BCUT2D eigenvalue weighted by Gasteiger charge is -2.09. The molecule has 0 radical (unpaired) electrons. The van der Waals surface area contributed by atoms with Crippen LogP contribution in [0.4, 0.5) is 11.5 Å². The van der Waals surface area contributed by atoms with Crippen LogP contribution in [0.15, 0.2) is 66.9 Å². The highest BCUT2D eigenvalue weighted by molar-refractivity contribution is 5.67. The Morgan fingerprint density at radius 2 is 1.76 bits per heavy atom. The lowest BCUT2D eigenvalue weighted by atomic mass is 10.2. The summed E-state index contributed by atoms with van der Waals surface area (Å²) in [5.74, 6) is 1.57. The zero-order chi connectivity index (χ0) is 17.2. The number of benzene rings is 1. The molecule has 1 N–H and O–H groups in total. The molecule has 0 bridgehead atoms. The summed E-state index contributed by atoms with van der Waals surface area (Å²) in [4.78, 5) is 9.39. The normalized spacial score (nSPS) is 10.8. The molecular weight excluding hydrogens is 312 g/mol. The number of pyridine rings is 2. The number of aromatic nitrogens is 3. The summed E-state index contributed by atoms with van der Waals surface area (Å²) in [7, 11) is 1.66. The van der Waals surface area contributed by atoms with Crippen molar-refractivity contribution in [3.63, 3.8) is 0 Å². The Morgan fingerprint density at radius 3 is 2.56 bits per heavy atom. The van der Waals surface area contributed by atoms with Crippen molar-refractivity contribution in [3.05, 3.63) is 72.6 Å². The monoisotopic (exact) mass is 330 g/mol. The third-order valence-corrected chi connectivity index (χ3v) is 4.04. The molecule has 5 heteroatoms. The fourth-order valence-electron chi connectivity index (χ4n) is 2.88.